The second kappa shape index (κ2) is 7.22. The molecular formula is C23H17ClN2O. The number of likely N-dealkylation sites (N-methyl/N-ethyl adjacent to an activating group) is 1. The SMILES string of the molecule is CN1C(=O)/C(=C/c2ccccc2)N=C(c2ccccc2)c2cc(Cl)ccc21. The molecule has 3 aromatic rings. The highest BCUT2D eigenvalue weighted by Gasteiger charge is 2.26. The van der Waals surface area contributed by atoms with E-state index in [4.69, 9.17) is 16.6 Å². The summed E-state index contributed by atoms with van der Waals surface area (Å²) in [6, 6.07) is 25.1. The number of benzene rings is 3. The minimum Gasteiger partial charge on any atom is -0.309 e. The van der Waals surface area contributed by atoms with Crippen molar-refractivity contribution in [2.24, 2.45) is 4.99 Å². The van der Waals surface area contributed by atoms with E-state index in [9.17, 15) is 4.79 Å². The summed E-state index contributed by atoms with van der Waals surface area (Å²) in [4.78, 5) is 19.5. The summed E-state index contributed by atoms with van der Waals surface area (Å²) in [6.07, 6.45) is 1.81. The van der Waals surface area contributed by atoms with Gasteiger partial charge in [-0.3, -0.25) is 4.79 Å². The summed E-state index contributed by atoms with van der Waals surface area (Å²) in [5.41, 5.74) is 4.59. The van der Waals surface area contributed by atoms with Crippen molar-refractivity contribution in [2.75, 3.05) is 11.9 Å². The number of nitrogens with zero attached hydrogens (tertiary/aromatic N) is 2. The number of fused-ring (bicyclic) bond motifs is 1. The second-order valence-electron chi connectivity index (χ2n) is 6.29. The van der Waals surface area contributed by atoms with Crippen LogP contribution in [0.15, 0.2) is 89.6 Å². The van der Waals surface area contributed by atoms with E-state index in [1.54, 1.807) is 18.0 Å². The Labute approximate surface area is 163 Å². The second-order valence-corrected chi connectivity index (χ2v) is 6.73. The van der Waals surface area contributed by atoms with Gasteiger partial charge in [0.05, 0.1) is 11.4 Å². The Hall–Kier alpha value is -3.17. The maximum Gasteiger partial charge on any atom is 0.276 e. The number of anilines is 1. The lowest BCUT2D eigenvalue weighted by molar-refractivity contribution is -0.114. The van der Waals surface area contributed by atoms with Crippen LogP contribution in [0.5, 0.6) is 0 Å². The molecule has 0 unspecified atom stereocenters. The Morgan fingerprint density at radius 3 is 2.30 bits per heavy atom. The van der Waals surface area contributed by atoms with Crippen molar-refractivity contribution >= 4 is 35.0 Å². The molecule has 1 aliphatic rings. The van der Waals surface area contributed by atoms with E-state index in [0.717, 1.165) is 28.1 Å². The first-order valence-corrected chi connectivity index (χ1v) is 9.00. The molecule has 0 bridgehead atoms. The predicted molar refractivity (Wildman–Crippen MR) is 111 cm³/mol. The zero-order valence-electron chi connectivity index (χ0n) is 14.8. The van der Waals surface area contributed by atoms with Crippen LogP contribution in [0.3, 0.4) is 0 Å². The van der Waals surface area contributed by atoms with E-state index < -0.39 is 0 Å². The first-order chi connectivity index (χ1) is 13.1. The minimum atomic E-state index is -0.159. The maximum absolute atomic E-state index is 13.1. The summed E-state index contributed by atoms with van der Waals surface area (Å²) in [6.45, 7) is 0. The van der Waals surface area contributed by atoms with Crippen molar-refractivity contribution in [1.29, 1.82) is 0 Å². The highest BCUT2D eigenvalue weighted by Crippen LogP contribution is 2.31. The molecule has 3 aromatic carbocycles. The van der Waals surface area contributed by atoms with E-state index in [1.165, 1.54) is 0 Å². The normalized spacial score (nSPS) is 15.3. The third kappa shape index (κ3) is 3.42. The van der Waals surface area contributed by atoms with Crippen LogP contribution in [-0.2, 0) is 4.79 Å². The fourth-order valence-corrected chi connectivity index (χ4v) is 3.29. The van der Waals surface area contributed by atoms with Gasteiger partial charge in [0.1, 0.15) is 5.70 Å². The van der Waals surface area contributed by atoms with Gasteiger partial charge >= 0.3 is 0 Å². The first-order valence-electron chi connectivity index (χ1n) is 8.62. The number of hydrogen-bond acceptors (Lipinski definition) is 2. The molecule has 0 atom stereocenters. The molecule has 4 rings (SSSR count). The van der Waals surface area contributed by atoms with Crippen molar-refractivity contribution in [3.05, 3.63) is 106 Å². The Balaban J connectivity index is 1.97. The van der Waals surface area contributed by atoms with Crippen molar-refractivity contribution < 1.29 is 4.79 Å². The van der Waals surface area contributed by atoms with Crippen molar-refractivity contribution in [2.45, 2.75) is 0 Å². The van der Waals surface area contributed by atoms with Gasteiger partial charge in [-0.1, -0.05) is 72.3 Å². The van der Waals surface area contributed by atoms with Crippen LogP contribution in [0.4, 0.5) is 5.69 Å². The third-order valence-corrected chi connectivity index (χ3v) is 4.72. The van der Waals surface area contributed by atoms with Gasteiger partial charge in [-0.25, -0.2) is 4.99 Å². The molecule has 0 spiro atoms. The summed E-state index contributed by atoms with van der Waals surface area (Å²) < 4.78 is 0. The summed E-state index contributed by atoms with van der Waals surface area (Å²) in [7, 11) is 1.76. The quantitative estimate of drug-likeness (QED) is 0.569. The van der Waals surface area contributed by atoms with Gasteiger partial charge in [-0.2, -0.15) is 0 Å². The van der Waals surface area contributed by atoms with Crippen LogP contribution in [0.25, 0.3) is 6.08 Å². The number of carbonyl (C=O) groups excluding carboxylic acids is 1. The average molecular weight is 373 g/mol. The van der Waals surface area contributed by atoms with E-state index in [1.807, 2.05) is 78.9 Å². The van der Waals surface area contributed by atoms with Crippen molar-refractivity contribution in [1.82, 2.24) is 0 Å². The molecule has 27 heavy (non-hydrogen) atoms. The lowest BCUT2D eigenvalue weighted by Crippen LogP contribution is -2.26. The fraction of sp³-hybridized carbons (Fsp3) is 0.0435. The highest BCUT2D eigenvalue weighted by molar-refractivity contribution is 6.32. The molecule has 0 saturated carbocycles. The van der Waals surface area contributed by atoms with Crippen molar-refractivity contribution in [3.8, 4) is 0 Å². The average Bonchev–Trinajstić information content (AvgIpc) is 2.80. The molecule has 4 heteroatoms. The van der Waals surface area contributed by atoms with Gasteiger partial charge in [0, 0.05) is 23.2 Å². The molecule has 1 heterocycles. The van der Waals surface area contributed by atoms with Crippen LogP contribution >= 0.6 is 11.6 Å². The number of rotatable bonds is 2. The van der Waals surface area contributed by atoms with E-state index in [0.29, 0.717) is 10.7 Å². The number of aliphatic imine (C=N–C) groups is 1. The molecule has 132 valence electrons. The molecule has 0 aliphatic carbocycles. The maximum atomic E-state index is 13.1. The molecule has 0 radical (unpaired) electrons. The zero-order chi connectivity index (χ0) is 18.8. The van der Waals surface area contributed by atoms with Gasteiger partial charge in [0.15, 0.2) is 0 Å². The molecule has 0 N–H and O–H groups in total. The molecule has 3 nitrogen and oxygen atoms in total. The molecular weight excluding hydrogens is 356 g/mol. The van der Waals surface area contributed by atoms with Gasteiger partial charge in [-0.05, 0) is 29.8 Å². The summed E-state index contributed by atoms with van der Waals surface area (Å²) in [5.74, 6) is -0.159. The Kier molecular flexibility index (Phi) is 4.61. The standard InChI is InChI=1S/C23H17ClN2O/c1-26-21-13-12-18(24)15-19(21)22(17-10-6-3-7-11-17)25-20(23(26)27)14-16-8-4-2-5-9-16/h2-15H,1H3/b20-14-. The van der Waals surface area contributed by atoms with Crippen molar-refractivity contribution in [3.63, 3.8) is 0 Å². The van der Waals surface area contributed by atoms with Crippen LogP contribution < -0.4 is 4.90 Å². The van der Waals surface area contributed by atoms with Gasteiger partial charge in [-0.15, -0.1) is 0 Å². The van der Waals surface area contributed by atoms with E-state index >= 15 is 0 Å². The molecule has 1 amide bonds. The smallest absolute Gasteiger partial charge is 0.276 e. The molecule has 0 saturated heterocycles. The third-order valence-electron chi connectivity index (χ3n) is 4.48. The number of carbonyl (C=O) groups is 1. The number of hydrogen-bond donors (Lipinski definition) is 0. The lowest BCUT2D eigenvalue weighted by atomic mass is 10.0. The number of amides is 1. The summed E-state index contributed by atoms with van der Waals surface area (Å²) in [5, 5.41) is 0.605. The topological polar surface area (TPSA) is 32.7 Å². The number of halogens is 1. The fourth-order valence-electron chi connectivity index (χ4n) is 3.12. The minimum absolute atomic E-state index is 0.159. The van der Waals surface area contributed by atoms with E-state index in [2.05, 4.69) is 0 Å². The lowest BCUT2D eigenvalue weighted by Gasteiger charge is -2.18. The van der Waals surface area contributed by atoms with Gasteiger partial charge in [0.2, 0.25) is 0 Å². The molecule has 0 aromatic heterocycles. The van der Waals surface area contributed by atoms with Gasteiger partial charge in [0.25, 0.3) is 5.91 Å². The van der Waals surface area contributed by atoms with Crippen LogP contribution in [0.2, 0.25) is 5.02 Å². The highest BCUT2D eigenvalue weighted by atomic mass is 35.5. The summed E-state index contributed by atoms with van der Waals surface area (Å²) >= 11 is 6.26. The molecule has 1 aliphatic heterocycles. The predicted octanol–water partition coefficient (Wildman–Crippen LogP) is 5.19. The van der Waals surface area contributed by atoms with Crippen LogP contribution in [-0.4, -0.2) is 18.7 Å². The Morgan fingerprint density at radius 2 is 1.59 bits per heavy atom. The van der Waals surface area contributed by atoms with Crippen LogP contribution in [0.1, 0.15) is 16.7 Å². The Bertz CT molecular complexity index is 1060. The Morgan fingerprint density at radius 1 is 0.926 bits per heavy atom. The van der Waals surface area contributed by atoms with Crippen LogP contribution in [0, 0.1) is 0 Å². The number of benzodiazepines with no additional fused rings is 1. The zero-order valence-corrected chi connectivity index (χ0v) is 15.5. The monoisotopic (exact) mass is 372 g/mol. The first kappa shape index (κ1) is 17.3. The van der Waals surface area contributed by atoms with E-state index in [-0.39, 0.29) is 5.91 Å². The largest absolute Gasteiger partial charge is 0.309 e. The molecule has 0 fully saturated rings. The van der Waals surface area contributed by atoms with Gasteiger partial charge < -0.3 is 4.90 Å².